The lowest BCUT2D eigenvalue weighted by molar-refractivity contribution is -0.122. The van der Waals surface area contributed by atoms with Gasteiger partial charge < -0.3 is 4.74 Å². The molecule has 1 heterocycles. The van der Waals surface area contributed by atoms with E-state index in [2.05, 4.69) is 43.8 Å². The first kappa shape index (κ1) is 25.7. The molecule has 0 saturated carbocycles. The molecule has 35 heavy (non-hydrogen) atoms. The highest BCUT2D eigenvalue weighted by Crippen LogP contribution is 2.36. The molecule has 178 valence electrons. The van der Waals surface area contributed by atoms with Gasteiger partial charge in [-0.3, -0.25) is 14.9 Å². The standard InChI is InChI=1S/C25H16BrCl2IN2O4/c1-13-2-7-17(11-20(13)27)31-24(33)18(23(32)30-25(31)34)8-15-9-19(26)22(21(28)10-15)35-12-14-3-5-16(29)6-4-14/h2-11H,12H2,1H3,(H,30,32,34)/b18-8-. The van der Waals surface area contributed by atoms with Crippen LogP contribution in [0.15, 0.2) is 64.6 Å². The number of ether oxygens (including phenoxy) is 1. The summed E-state index contributed by atoms with van der Waals surface area (Å²) in [6, 6.07) is 15.0. The van der Waals surface area contributed by atoms with Gasteiger partial charge in [-0.25, -0.2) is 9.69 Å². The quantitative estimate of drug-likeness (QED) is 0.180. The average Bonchev–Trinajstić information content (AvgIpc) is 2.79. The van der Waals surface area contributed by atoms with E-state index in [-0.39, 0.29) is 11.3 Å². The van der Waals surface area contributed by atoms with Gasteiger partial charge in [0.15, 0.2) is 5.75 Å². The van der Waals surface area contributed by atoms with E-state index >= 15 is 0 Å². The predicted octanol–water partition coefficient (Wildman–Crippen LogP) is 6.91. The second-order valence-corrected chi connectivity index (χ2v) is 10.5. The number of carbonyl (C=O) groups is 3. The number of hydrogen-bond acceptors (Lipinski definition) is 4. The van der Waals surface area contributed by atoms with Gasteiger partial charge in [0.25, 0.3) is 11.8 Å². The minimum Gasteiger partial charge on any atom is -0.486 e. The molecule has 1 aliphatic rings. The van der Waals surface area contributed by atoms with Crippen LogP contribution in [0.5, 0.6) is 5.75 Å². The number of halogens is 4. The largest absolute Gasteiger partial charge is 0.486 e. The maximum absolute atomic E-state index is 13.1. The van der Waals surface area contributed by atoms with Gasteiger partial charge >= 0.3 is 6.03 Å². The molecule has 1 saturated heterocycles. The fraction of sp³-hybridized carbons (Fsp3) is 0.0800. The fourth-order valence-electron chi connectivity index (χ4n) is 3.32. The van der Waals surface area contributed by atoms with Crippen LogP contribution in [0.1, 0.15) is 16.7 Å². The van der Waals surface area contributed by atoms with Gasteiger partial charge in [-0.2, -0.15) is 0 Å². The minimum atomic E-state index is -0.851. The third-order valence-corrected chi connectivity index (χ3v) is 7.14. The van der Waals surface area contributed by atoms with Crippen molar-refractivity contribution >= 4 is 91.3 Å². The summed E-state index contributed by atoms with van der Waals surface area (Å²) in [6.07, 6.45) is 1.37. The van der Waals surface area contributed by atoms with Crippen molar-refractivity contribution in [2.45, 2.75) is 13.5 Å². The van der Waals surface area contributed by atoms with Gasteiger partial charge in [0.2, 0.25) is 0 Å². The zero-order valence-corrected chi connectivity index (χ0v) is 23.3. The molecule has 0 unspecified atom stereocenters. The molecule has 0 aromatic heterocycles. The molecule has 6 nitrogen and oxygen atoms in total. The number of barbiturate groups is 1. The summed E-state index contributed by atoms with van der Waals surface area (Å²) in [4.78, 5) is 38.9. The fourth-order valence-corrected chi connectivity index (χ4v) is 4.84. The van der Waals surface area contributed by atoms with E-state index in [9.17, 15) is 14.4 Å². The monoisotopic (exact) mass is 684 g/mol. The Bertz CT molecular complexity index is 1370. The molecule has 0 atom stereocenters. The Morgan fingerprint density at radius 3 is 2.40 bits per heavy atom. The third kappa shape index (κ3) is 5.72. The Labute approximate surface area is 233 Å². The lowest BCUT2D eigenvalue weighted by atomic mass is 10.1. The van der Waals surface area contributed by atoms with E-state index in [1.807, 2.05) is 24.3 Å². The van der Waals surface area contributed by atoms with Gasteiger partial charge in [0.1, 0.15) is 12.2 Å². The van der Waals surface area contributed by atoms with Crippen LogP contribution in [-0.2, 0) is 16.2 Å². The molecule has 1 aliphatic heterocycles. The third-order valence-electron chi connectivity index (χ3n) is 5.14. The second-order valence-electron chi connectivity index (χ2n) is 7.62. The van der Waals surface area contributed by atoms with E-state index in [0.717, 1.165) is 19.6 Å². The average molecular weight is 686 g/mol. The van der Waals surface area contributed by atoms with Gasteiger partial charge in [-0.1, -0.05) is 41.4 Å². The van der Waals surface area contributed by atoms with Crippen LogP contribution in [0.4, 0.5) is 10.5 Å². The molecule has 0 spiro atoms. The molecular weight excluding hydrogens is 670 g/mol. The van der Waals surface area contributed by atoms with Crippen LogP contribution in [0.2, 0.25) is 10.0 Å². The first-order chi connectivity index (χ1) is 16.6. The molecule has 0 bridgehead atoms. The van der Waals surface area contributed by atoms with Crippen LogP contribution in [0, 0.1) is 10.5 Å². The maximum atomic E-state index is 13.1. The molecular formula is C25H16BrCl2IN2O4. The SMILES string of the molecule is Cc1ccc(N2C(=O)NC(=O)/C(=C/c3cc(Cl)c(OCc4ccc(I)cc4)c(Br)c3)C2=O)cc1Cl. The molecule has 3 aromatic rings. The Morgan fingerprint density at radius 1 is 1.03 bits per heavy atom. The van der Waals surface area contributed by atoms with Crippen molar-refractivity contribution in [1.29, 1.82) is 0 Å². The summed E-state index contributed by atoms with van der Waals surface area (Å²) in [5.74, 6) is -1.15. The Kier molecular flexibility index (Phi) is 7.85. The number of anilines is 1. The molecule has 4 rings (SSSR count). The molecule has 1 fully saturated rings. The van der Waals surface area contributed by atoms with Crippen LogP contribution in [0.25, 0.3) is 6.08 Å². The van der Waals surface area contributed by atoms with E-state index in [1.165, 1.54) is 12.1 Å². The van der Waals surface area contributed by atoms with Crippen molar-refractivity contribution in [3.63, 3.8) is 0 Å². The lowest BCUT2D eigenvalue weighted by Gasteiger charge is -2.26. The Hall–Kier alpha value is -2.40. The summed E-state index contributed by atoms with van der Waals surface area (Å²) >= 11 is 18.3. The Balaban J connectivity index is 1.61. The summed E-state index contributed by atoms with van der Waals surface area (Å²) < 4.78 is 7.54. The number of hydrogen-bond donors (Lipinski definition) is 1. The summed E-state index contributed by atoms with van der Waals surface area (Å²) in [6.45, 7) is 2.11. The minimum absolute atomic E-state index is 0.225. The first-order valence-corrected chi connectivity index (χ1v) is 12.8. The first-order valence-electron chi connectivity index (χ1n) is 10.2. The highest BCUT2D eigenvalue weighted by atomic mass is 127. The molecule has 10 heteroatoms. The number of imide groups is 2. The maximum Gasteiger partial charge on any atom is 0.335 e. The number of carbonyl (C=O) groups excluding carboxylic acids is 3. The predicted molar refractivity (Wildman–Crippen MR) is 148 cm³/mol. The van der Waals surface area contributed by atoms with Crippen LogP contribution < -0.4 is 15.0 Å². The van der Waals surface area contributed by atoms with Crippen molar-refractivity contribution in [1.82, 2.24) is 5.32 Å². The normalized spacial score (nSPS) is 14.9. The number of nitrogens with one attached hydrogen (secondary N) is 1. The van der Waals surface area contributed by atoms with Crippen LogP contribution in [0.3, 0.4) is 0 Å². The smallest absolute Gasteiger partial charge is 0.335 e. The molecule has 0 radical (unpaired) electrons. The second kappa shape index (κ2) is 10.7. The zero-order valence-electron chi connectivity index (χ0n) is 18.1. The lowest BCUT2D eigenvalue weighted by Crippen LogP contribution is -2.54. The number of aryl methyl sites for hydroxylation is 1. The number of amides is 4. The van der Waals surface area contributed by atoms with Crippen molar-refractivity contribution < 1.29 is 19.1 Å². The number of urea groups is 1. The van der Waals surface area contributed by atoms with E-state index in [4.69, 9.17) is 27.9 Å². The highest BCUT2D eigenvalue weighted by molar-refractivity contribution is 14.1. The van der Waals surface area contributed by atoms with Crippen molar-refractivity contribution in [2.24, 2.45) is 0 Å². The van der Waals surface area contributed by atoms with Crippen LogP contribution >= 0.6 is 61.7 Å². The van der Waals surface area contributed by atoms with E-state index in [1.54, 1.807) is 31.2 Å². The summed E-state index contributed by atoms with van der Waals surface area (Å²) in [7, 11) is 0. The topological polar surface area (TPSA) is 75.7 Å². The van der Waals surface area contributed by atoms with Crippen molar-refractivity contribution in [3.05, 3.63) is 94.9 Å². The van der Waals surface area contributed by atoms with Crippen molar-refractivity contribution in [3.8, 4) is 5.75 Å². The van der Waals surface area contributed by atoms with Gasteiger partial charge in [0, 0.05) is 8.59 Å². The number of benzene rings is 3. The Morgan fingerprint density at radius 2 is 1.74 bits per heavy atom. The van der Waals surface area contributed by atoms with E-state index < -0.39 is 17.8 Å². The van der Waals surface area contributed by atoms with Gasteiger partial charge in [-0.05, 0) is 105 Å². The number of nitrogens with zero attached hydrogens (tertiary/aromatic N) is 1. The van der Waals surface area contributed by atoms with E-state index in [0.29, 0.717) is 32.4 Å². The zero-order chi connectivity index (χ0) is 25.3. The van der Waals surface area contributed by atoms with Crippen LogP contribution in [-0.4, -0.2) is 17.8 Å². The molecule has 1 N–H and O–H groups in total. The van der Waals surface area contributed by atoms with Gasteiger partial charge in [0.05, 0.1) is 15.2 Å². The molecule has 3 aromatic carbocycles. The van der Waals surface area contributed by atoms with Gasteiger partial charge in [-0.15, -0.1) is 0 Å². The molecule has 4 amide bonds. The highest BCUT2D eigenvalue weighted by Gasteiger charge is 2.37. The summed E-state index contributed by atoms with van der Waals surface area (Å²) in [5, 5.41) is 2.87. The van der Waals surface area contributed by atoms with Crippen molar-refractivity contribution in [2.75, 3.05) is 4.90 Å². The number of rotatable bonds is 5. The summed E-state index contributed by atoms with van der Waals surface area (Å²) in [5.41, 5.74) is 2.26. The molecule has 0 aliphatic carbocycles.